The molecule has 0 N–H and O–H groups in total. The number of piperazine rings is 1. The van der Waals surface area contributed by atoms with Crippen LogP contribution in [0.15, 0.2) is 65.6 Å². The monoisotopic (exact) mass is 469 g/mol. The summed E-state index contributed by atoms with van der Waals surface area (Å²) < 4.78 is 32.2. The number of sulfonamides is 1. The standard InChI is InChI=1S/C23H23N3O6S/c1-32-22-9-8-20(16-21(22)26(28)29)33(30,31)25-12-10-24(11-13-25)23(27)15-17-6-7-18-4-2-3-5-19(18)14-17/h2-9,14,16H,10-13,15H2,1H3. The SMILES string of the molecule is COc1ccc(S(=O)(=O)N2CCN(C(=O)Cc3ccc4ccccc4c3)CC2)cc1[N+](=O)[O-]. The van der Waals surface area contributed by atoms with E-state index in [2.05, 4.69) is 0 Å². The normalized spacial score (nSPS) is 14.9. The third-order valence-electron chi connectivity index (χ3n) is 5.75. The zero-order chi connectivity index (χ0) is 23.6. The molecule has 0 aromatic heterocycles. The fourth-order valence-corrected chi connectivity index (χ4v) is 5.38. The van der Waals surface area contributed by atoms with Crippen LogP contribution in [0.5, 0.6) is 5.75 Å². The van der Waals surface area contributed by atoms with E-state index in [0.29, 0.717) is 0 Å². The molecule has 0 bridgehead atoms. The van der Waals surface area contributed by atoms with Crippen molar-refractivity contribution in [2.24, 2.45) is 0 Å². The number of amides is 1. The van der Waals surface area contributed by atoms with Gasteiger partial charge in [-0.2, -0.15) is 4.31 Å². The lowest BCUT2D eigenvalue weighted by Gasteiger charge is -2.34. The molecule has 1 heterocycles. The van der Waals surface area contributed by atoms with Crippen LogP contribution < -0.4 is 4.74 Å². The summed E-state index contributed by atoms with van der Waals surface area (Å²) >= 11 is 0. The molecule has 0 unspecified atom stereocenters. The Morgan fingerprint density at radius 3 is 2.36 bits per heavy atom. The van der Waals surface area contributed by atoms with Gasteiger partial charge in [0.05, 0.1) is 23.3 Å². The van der Waals surface area contributed by atoms with E-state index in [4.69, 9.17) is 4.74 Å². The van der Waals surface area contributed by atoms with Gasteiger partial charge in [0.25, 0.3) is 0 Å². The fourth-order valence-electron chi connectivity index (χ4n) is 3.94. The summed E-state index contributed by atoms with van der Waals surface area (Å²) in [5, 5.41) is 13.4. The van der Waals surface area contributed by atoms with E-state index in [0.717, 1.165) is 22.4 Å². The summed E-state index contributed by atoms with van der Waals surface area (Å²) in [5.41, 5.74) is 0.488. The highest BCUT2D eigenvalue weighted by atomic mass is 32.2. The number of ether oxygens (including phenoxy) is 1. The first-order valence-corrected chi connectivity index (χ1v) is 11.8. The molecule has 0 atom stereocenters. The summed E-state index contributed by atoms with van der Waals surface area (Å²) in [6.07, 6.45) is 0.238. The molecule has 3 aromatic rings. The number of rotatable bonds is 6. The molecule has 4 rings (SSSR count). The molecular formula is C23H23N3O6S. The summed E-state index contributed by atoms with van der Waals surface area (Å²) in [6.45, 7) is 0.741. The van der Waals surface area contributed by atoms with Crippen LogP contribution in [0, 0.1) is 10.1 Å². The van der Waals surface area contributed by atoms with Gasteiger partial charge in [0.2, 0.25) is 15.9 Å². The second-order valence-electron chi connectivity index (χ2n) is 7.73. The summed E-state index contributed by atoms with van der Waals surface area (Å²) in [4.78, 5) is 24.8. The maximum atomic E-state index is 13.0. The minimum Gasteiger partial charge on any atom is -0.490 e. The first-order valence-electron chi connectivity index (χ1n) is 10.4. The van der Waals surface area contributed by atoms with Gasteiger partial charge in [-0.15, -0.1) is 0 Å². The predicted molar refractivity (Wildman–Crippen MR) is 123 cm³/mol. The van der Waals surface area contributed by atoms with Crippen LogP contribution in [-0.2, 0) is 21.2 Å². The van der Waals surface area contributed by atoms with E-state index in [1.807, 2.05) is 42.5 Å². The maximum absolute atomic E-state index is 13.0. The van der Waals surface area contributed by atoms with Crippen LogP contribution in [0.2, 0.25) is 0 Å². The minimum atomic E-state index is -3.94. The zero-order valence-corrected chi connectivity index (χ0v) is 18.8. The van der Waals surface area contributed by atoms with E-state index in [-0.39, 0.29) is 49.2 Å². The number of carbonyl (C=O) groups is 1. The molecule has 10 heteroatoms. The molecule has 1 amide bonds. The molecule has 1 aliphatic rings. The Kier molecular flexibility index (Phi) is 6.30. The Morgan fingerprint density at radius 2 is 1.70 bits per heavy atom. The average molecular weight is 470 g/mol. The lowest BCUT2D eigenvalue weighted by atomic mass is 10.0. The number of nitrogens with zero attached hydrogens (tertiary/aromatic N) is 3. The topological polar surface area (TPSA) is 110 Å². The fraction of sp³-hybridized carbons (Fsp3) is 0.261. The number of fused-ring (bicyclic) bond motifs is 1. The molecule has 0 spiro atoms. The van der Waals surface area contributed by atoms with E-state index in [1.165, 1.54) is 23.5 Å². The van der Waals surface area contributed by atoms with Crippen LogP contribution in [-0.4, -0.2) is 61.7 Å². The first-order chi connectivity index (χ1) is 15.8. The van der Waals surface area contributed by atoms with Gasteiger partial charge in [-0.3, -0.25) is 14.9 Å². The summed E-state index contributed by atoms with van der Waals surface area (Å²) in [6, 6.07) is 17.4. The first kappa shape index (κ1) is 22.7. The van der Waals surface area contributed by atoms with Crippen LogP contribution >= 0.6 is 0 Å². The van der Waals surface area contributed by atoms with Gasteiger partial charge < -0.3 is 9.64 Å². The molecule has 1 saturated heterocycles. The quantitative estimate of drug-likeness (QED) is 0.406. The van der Waals surface area contributed by atoms with Gasteiger partial charge in [-0.25, -0.2) is 8.42 Å². The Hall–Kier alpha value is -3.50. The van der Waals surface area contributed by atoms with Crippen molar-refractivity contribution in [1.29, 1.82) is 0 Å². The number of hydrogen-bond donors (Lipinski definition) is 0. The molecule has 3 aromatic carbocycles. The minimum absolute atomic E-state index is 0.0111. The van der Waals surface area contributed by atoms with Crippen molar-refractivity contribution >= 4 is 32.4 Å². The van der Waals surface area contributed by atoms with E-state index in [1.54, 1.807) is 4.90 Å². The second-order valence-corrected chi connectivity index (χ2v) is 9.67. The summed E-state index contributed by atoms with van der Waals surface area (Å²) in [7, 11) is -2.66. The highest BCUT2D eigenvalue weighted by molar-refractivity contribution is 7.89. The van der Waals surface area contributed by atoms with Crippen molar-refractivity contribution in [2.75, 3.05) is 33.3 Å². The van der Waals surface area contributed by atoms with Crippen molar-refractivity contribution in [3.8, 4) is 5.75 Å². The lowest BCUT2D eigenvalue weighted by Crippen LogP contribution is -2.50. The van der Waals surface area contributed by atoms with Crippen LogP contribution in [0.1, 0.15) is 5.56 Å². The highest BCUT2D eigenvalue weighted by Gasteiger charge is 2.31. The smallest absolute Gasteiger partial charge is 0.312 e. The number of hydrogen-bond acceptors (Lipinski definition) is 6. The Balaban J connectivity index is 1.42. The molecule has 0 radical (unpaired) electrons. The van der Waals surface area contributed by atoms with Gasteiger partial charge in [0.1, 0.15) is 0 Å². The largest absolute Gasteiger partial charge is 0.490 e. The highest BCUT2D eigenvalue weighted by Crippen LogP contribution is 2.31. The molecular weight excluding hydrogens is 446 g/mol. The third kappa shape index (κ3) is 4.67. The van der Waals surface area contributed by atoms with Crippen molar-refractivity contribution in [1.82, 2.24) is 9.21 Å². The van der Waals surface area contributed by atoms with E-state index < -0.39 is 20.6 Å². The van der Waals surface area contributed by atoms with E-state index >= 15 is 0 Å². The van der Waals surface area contributed by atoms with Gasteiger partial charge in [0.15, 0.2) is 5.75 Å². The van der Waals surface area contributed by atoms with Crippen LogP contribution in [0.3, 0.4) is 0 Å². The predicted octanol–water partition coefficient (Wildman–Crippen LogP) is 2.83. The Bertz CT molecular complexity index is 1320. The van der Waals surface area contributed by atoms with Gasteiger partial charge in [0, 0.05) is 32.2 Å². The summed E-state index contributed by atoms with van der Waals surface area (Å²) in [5.74, 6) is -0.0783. The number of methoxy groups -OCH3 is 1. The number of carbonyl (C=O) groups excluding carboxylic acids is 1. The number of nitro benzene ring substituents is 1. The Morgan fingerprint density at radius 1 is 1.00 bits per heavy atom. The van der Waals surface area contributed by atoms with Crippen molar-refractivity contribution < 1.29 is 22.9 Å². The molecule has 172 valence electrons. The van der Waals surface area contributed by atoms with Crippen molar-refractivity contribution in [3.63, 3.8) is 0 Å². The molecule has 0 aliphatic carbocycles. The second kappa shape index (κ2) is 9.16. The van der Waals surface area contributed by atoms with Crippen molar-refractivity contribution in [3.05, 3.63) is 76.3 Å². The maximum Gasteiger partial charge on any atom is 0.312 e. The van der Waals surface area contributed by atoms with Crippen LogP contribution in [0.25, 0.3) is 10.8 Å². The lowest BCUT2D eigenvalue weighted by molar-refractivity contribution is -0.386. The van der Waals surface area contributed by atoms with Gasteiger partial charge in [-0.05, 0) is 28.5 Å². The number of nitro groups is 1. The van der Waals surface area contributed by atoms with Crippen molar-refractivity contribution in [2.45, 2.75) is 11.3 Å². The van der Waals surface area contributed by atoms with E-state index in [9.17, 15) is 23.3 Å². The molecule has 9 nitrogen and oxygen atoms in total. The molecule has 0 saturated carbocycles. The third-order valence-corrected chi connectivity index (χ3v) is 7.64. The van der Waals surface area contributed by atoms with Crippen LogP contribution in [0.4, 0.5) is 5.69 Å². The molecule has 1 aliphatic heterocycles. The molecule has 1 fully saturated rings. The Labute approximate surface area is 191 Å². The number of benzene rings is 3. The van der Waals surface area contributed by atoms with Gasteiger partial charge in [-0.1, -0.05) is 42.5 Å². The molecule has 33 heavy (non-hydrogen) atoms. The zero-order valence-electron chi connectivity index (χ0n) is 18.0. The average Bonchev–Trinajstić information content (AvgIpc) is 2.83. The van der Waals surface area contributed by atoms with Gasteiger partial charge >= 0.3 is 5.69 Å².